The number of hydrogen-bond acceptors (Lipinski definition) is 10. The number of aromatic nitrogens is 4. The van der Waals surface area contributed by atoms with E-state index in [-0.39, 0.29) is 0 Å². The number of anilines is 8. The van der Waals surface area contributed by atoms with Gasteiger partial charge in [-0.15, -0.1) is 0 Å². The van der Waals surface area contributed by atoms with Crippen LogP contribution in [0, 0.1) is 0 Å². The van der Waals surface area contributed by atoms with E-state index in [2.05, 4.69) is 165 Å². The molecule has 2 aliphatic heterocycles. The number of benzene rings is 7. The number of fused-ring (bicyclic) bond motifs is 10. The van der Waals surface area contributed by atoms with Crippen LogP contribution in [-0.2, 0) is 0 Å². The number of rotatable bonds is 6. The zero-order valence-electron chi connectivity index (χ0n) is 37.3. The van der Waals surface area contributed by atoms with Crippen molar-refractivity contribution >= 4 is 137 Å². The number of furan rings is 2. The van der Waals surface area contributed by atoms with Gasteiger partial charge < -0.3 is 28.1 Å². The van der Waals surface area contributed by atoms with E-state index in [0.717, 1.165) is 111 Å². The Labute approximate surface area is 401 Å². The number of nitrogens with zero attached hydrogens (tertiary/aromatic N) is 8. The molecule has 0 unspecified atom stereocenters. The Hall–Kier alpha value is -9.41. The van der Waals surface area contributed by atoms with Gasteiger partial charge in [-0.2, -0.15) is 0 Å². The quantitative estimate of drug-likeness (QED) is 0.150. The van der Waals surface area contributed by atoms with Crippen molar-refractivity contribution in [3.63, 3.8) is 0 Å². The molecule has 7 aromatic carbocycles. The fourth-order valence-corrected chi connectivity index (χ4v) is 10.7. The third kappa shape index (κ3) is 5.83. The van der Waals surface area contributed by atoms with Crippen molar-refractivity contribution in [1.82, 2.24) is 19.9 Å². The lowest BCUT2D eigenvalue weighted by molar-refractivity contribution is 0.626. The molecule has 6 aromatic heterocycles. The number of pyridine rings is 4. The second-order valence-corrected chi connectivity index (χ2v) is 17.8. The second kappa shape index (κ2) is 15.0. The van der Waals surface area contributed by atoms with Gasteiger partial charge in [-0.25, -0.2) is 19.9 Å². The zero-order chi connectivity index (χ0) is 45.9. The van der Waals surface area contributed by atoms with Crippen molar-refractivity contribution in [2.45, 2.75) is 0 Å². The van der Waals surface area contributed by atoms with E-state index in [4.69, 9.17) is 28.8 Å². The molecular weight excluding hydrogens is 862 g/mol. The maximum absolute atomic E-state index is 6.91. The van der Waals surface area contributed by atoms with Crippen molar-refractivity contribution < 1.29 is 8.83 Å². The summed E-state index contributed by atoms with van der Waals surface area (Å²) >= 11 is 0. The summed E-state index contributed by atoms with van der Waals surface area (Å²) in [6.07, 6.45) is 0. The predicted octanol–water partition coefficient (Wildman–Crippen LogP) is 12.7. The maximum atomic E-state index is 6.91. The van der Waals surface area contributed by atoms with Crippen LogP contribution in [0.15, 0.2) is 227 Å². The highest BCUT2D eigenvalue weighted by molar-refractivity contribution is 6.86. The zero-order valence-corrected chi connectivity index (χ0v) is 37.3. The van der Waals surface area contributed by atoms with Gasteiger partial charge in [-0.1, -0.05) is 121 Å². The molecule has 0 saturated carbocycles. The lowest BCUT2D eigenvalue weighted by Gasteiger charge is -2.30. The van der Waals surface area contributed by atoms with E-state index in [1.54, 1.807) is 0 Å². The average Bonchev–Trinajstić information content (AvgIpc) is 4.17. The van der Waals surface area contributed by atoms with E-state index < -0.39 is 14.0 Å². The Bertz CT molecular complexity index is 3960. The van der Waals surface area contributed by atoms with Gasteiger partial charge in [0.2, 0.25) is 11.8 Å². The molecule has 326 valence electrons. The molecule has 70 heavy (non-hydrogen) atoms. The number of hydrogen-bond donors (Lipinski definition) is 0. The maximum Gasteiger partial charge on any atom is 0.425 e. The van der Waals surface area contributed by atoms with Crippen molar-refractivity contribution in [3.05, 3.63) is 218 Å². The molecule has 12 heteroatoms. The van der Waals surface area contributed by atoms with Gasteiger partial charge in [0.05, 0.1) is 22.1 Å². The Morgan fingerprint density at radius 2 is 0.586 bits per heavy atom. The van der Waals surface area contributed by atoms with Gasteiger partial charge >= 0.3 is 14.0 Å². The summed E-state index contributed by atoms with van der Waals surface area (Å²) < 4.78 is 13.8. The summed E-state index contributed by atoms with van der Waals surface area (Å²) in [5, 5.41) is 6.22. The second-order valence-electron chi connectivity index (χ2n) is 17.8. The van der Waals surface area contributed by atoms with Crippen molar-refractivity contribution in [2.24, 2.45) is 0 Å². The standard InChI is InChI=1S/C58H36B2N8O2/c1-7-19-45-37(13-1)25-33-51(61-45)65-55-43-17-5-11-23-49(43)69-57(55)67(53-35-27-39-15-3-9-21-47(39)63-53)59(65)41-29-31-42(32-30-41)60-66(52-34-26-38-14-2-8-20-46(38)62-52)56-44-18-6-12-24-50(44)70-58(56)68(60)54-36-28-40-16-4-10-22-48(40)64-54/h1-36H. The first kappa shape index (κ1) is 38.7. The highest BCUT2D eigenvalue weighted by Crippen LogP contribution is 2.53. The predicted molar refractivity (Wildman–Crippen MR) is 285 cm³/mol. The first-order valence-electron chi connectivity index (χ1n) is 23.4. The van der Waals surface area contributed by atoms with Gasteiger partial charge in [-0.05, 0) is 108 Å². The molecule has 0 aliphatic carbocycles. The lowest BCUT2D eigenvalue weighted by atomic mass is 9.61. The topological polar surface area (TPSA) is 90.8 Å². The van der Waals surface area contributed by atoms with Crippen LogP contribution in [0.3, 0.4) is 0 Å². The summed E-state index contributed by atoms with van der Waals surface area (Å²) in [6.45, 7) is -0.902. The van der Waals surface area contributed by atoms with Gasteiger partial charge in [0.25, 0.3) is 0 Å². The van der Waals surface area contributed by atoms with Crippen LogP contribution >= 0.6 is 0 Å². The van der Waals surface area contributed by atoms with Crippen LogP contribution in [0.4, 0.5) is 46.4 Å². The van der Waals surface area contributed by atoms with Crippen molar-refractivity contribution in [1.29, 1.82) is 0 Å². The molecular formula is C58H36B2N8O2. The van der Waals surface area contributed by atoms with E-state index in [1.807, 2.05) is 72.8 Å². The fraction of sp³-hybridized carbons (Fsp3) is 0. The Kier molecular flexibility index (Phi) is 8.31. The molecule has 0 N–H and O–H groups in total. The smallest absolute Gasteiger partial charge is 0.425 e. The van der Waals surface area contributed by atoms with E-state index in [9.17, 15) is 0 Å². The summed E-state index contributed by atoms with van der Waals surface area (Å²) in [7, 11) is 0. The van der Waals surface area contributed by atoms with Crippen LogP contribution in [-0.4, -0.2) is 33.9 Å². The molecule has 10 nitrogen and oxygen atoms in total. The largest absolute Gasteiger partial charge is 0.439 e. The van der Waals surface area contributed by atoms with Crippen LogP contribution in [0.1, 0.15) is 0 Å². The van der Waals surface area contributed by atoms with E-state index in [0.29, 0.717) is 11.8 Å². The molecule has 8 heterocycles. The molecule has 2 aliphatic rings. The SMILES string of the molecule is c1ccc2nc(N3B(c4ccc(B5N(c6ccc7ccccc7n6)c6oc7ccccc7c6N5c5ccc6ccccc6n5)cc4)N(c4ccc5ccccc5n4)c4c3oc3ccccc43)ccc2c1. The van der Waals surface area contributed by atoms with E-state index in [1.165, 1.54) is 0 Å². The van der Waals surface area contributed by atoms with Gasteiger partial charge in [0.1, 0.15) is 45.8 Å². The molecule has 0 atom stereocenters. The Balaban J connectivity index is 0.946. The Morgan fingerprint density at radius 1 is 0.286 bits per heavy atom. The fourth-order valence-electron chi connectivity index (χ4n) is 10.7. The van der Waals surface area contributed by atoms with Gasteiger partial charge in [0, 0.05) is 32.3 Å². The van der Waals surface area contributed by atoms with Crippen LogP contribution < -0.4 is 30.2 Å². The van der Waals surface area contributed by atoms with Gasteiger partial charge in [-0.3, -0.25) is 0 Å². The highest BCUT2D eigenvalue weighted by atomic mass is 16.4. The molecule has 15 rings (SSSR count). The monoisotopic (exact) mass is 898 g/mol. The summed E-state index contributed by atoms with van der Waals surface area (Å²) in [5.74, 6) is 4.48. The summed E-state index contributed by atoms with van der Waals surface area (Å²) in [4.78, 5) is 30.4. The van der Waals surface area contributed by atoms with Crippen LogP contribution in [0.5, 0.6) is 0 Å². The normalized spacial score (nSPS) is 13.5. The summed E-state index contributed by atoms with van der Waals surface area (Å²) in [6, 6.07) is 75.3. The van der Waals surface area contributed by atoms with Gasteiger partial charge in [0.15, 0.2) is 0 Å². The first-order valence-corrected chi connectivity index (χ1v) is 23.4. The molecule has 0 amide bonds. The van der Waals surface area contributed by atoms with Crippen LogP contribution in [0.25, 0.3) is 65.6 Å². The van der Waals surface area contributed by atoms with Crippen LogP contribution in [0.2, 0.25) is 0 Å². The molecule has 0 spiro atoms. The van der Waals surface area contributed by atoms with E-state index >= 15 is 0 Å². The summed E-state index contributed by atoms with van der Waals surface area (Å²) in [5.41, 5.74) is 9.04. The molecule has 0 bridgehead atoms. The lowest BCUT2D eigenvalue weighted by Crippen LogP contribution is -2.56. The highest BCUT2D eigenvalue weighted by Gasteiger charge is 2.51. The molecule has 13 aromatic rings. The third-order valence-corrected chi connectivity index (χ3v) is 13.9. The first-order chi connectivity index (χ1) is 34.7. The minimum atomic E-state index is -0.451. The Morgan fingerprint density at radius 3 is 0.943 bits per heavy atom. The number of para-hydroxylation sites is 6. The van der Waals surface area contributed by atoms with Crippen molar-refractivity contribution in [3.8, 4) is 0 Å². The minimum absolute atomic E-state index is 0.451. The molecule has 0 radical (unpaired) electrons. The molecule has 0 fully saturated rings. The minimum Gasteiger partial charge on any atom is -0.439 e. The van der Waals surface area contributed by atoms with Crippen molar-refractivity contribution in [2.75, 3.05) is 19.2 Å². The average molecular weight is 899 g/mol. The third-order valence-electron chi connectivity index (χ3n) is 13.9. The molecule has 0 saturated heterocycles.